The number of carboxylic acid groups (broad SMARTS) is 1. The van der Waals surface area contributed by atoms with E-state index in [0.717, 1.165) is 25.7 Å². The van der Waals surface area contributed by atoms with Crippen LogP contribution in [0.2, 0.25) is 0 Å². The lowest BCUT2D eigenvalue weighted by Gasteiger charge is -2.30. The van der Waals surface area contributed by atoms with Gasteiger partial charge in [-0.3, -0.25) is 0 Å². The zero-order valence-corrected chi connectivity index (χ0v) is 8.69. The molecular formula is C12H16O3. The van der Waals surface area contributed by atoms with Crippen LogP contribution in [0, 0.1) is 0 Å². The highest BCUT2D eigenvalue weighted by Gasteiger charge is 2.39. The molecule has 1 N–H and O–H groups in total. The second kappa shape index (κ2) is 4.19. The van der Waals surface area contributed by atoms with Crippen molar-refractivity contribution in [3.63, 3.8) is 0 Å². The smallest absolute Gasteiger partial charge is 0.340 e. The number of carboxylic acids is 1. The molecule has 3 nitrogen and oxygen atoms in total. The van der Waals surface area contributed by atoms with Crippen LogP contribution in [0.3, 0.4) is 0 Å². The van der Waals surface area contributed by atoms with E-state index in [1.165, 1.54) is 0 Å². The molecule has 3 heteroatoms. The zero-order valence-electron chi connectivity index (χ0n) is 8.69. The molecule has 0 aromatic heterocycles. The van der Waals surface area contributed by atoms with Crippen molar-refractivity contribution in [3.8, 4) is 0 Å². The van der Waals surface area contributed by atoms with Crippen LogP contribution in [0.1, 0.15) is 32.1 Å². The average molecular weight is 208 g/mol. The summed E-state index contributed by atoms with van der Waals surface area (Å²) in [4.78, 5) is 11.3. The Morgan fingerprint density at radius 1 is 1.33 bits per heavy atom. The standard InChI is InChI=1S/C12H16O3/c13-11(14)12(8-4-1-5-9-12)15-10-6-2-3-7-10/h1,4-5,8,10H,2-3,6-7,9H2,(H,13,14). The summed E-state index contributed by atoms with van der Waals surface area (Å²) in [7, 11) is 0. The number of carbonyl (C=O) groups is 1. The fourth-order valence-corrected chi connectivity index (χ4v) is 2.20. The van der Waals surface area contributed by atoms with Crippen molar-refractivity contribution in [2.24, 2.45) is 0 Å². The molecule has 0 heterocycles. The van der Waals surface area contributed by atoms with Gasteiger partial charge in [-0.2, -0.15) is 0 Å². The summed E-state index contributed by atoms with van der Waals surface area (Å²) in [6, 6.07) is 0. The van der Waals surface area contributed by atoms with Crippen molar-refractivity contribution in [1.82, 2.24) is 0 Å². The van der Waals surface area contributed by atoms with Gasteiger partial charge in [-0.25, -0.2) is 4.79 Å². The molecule has 1 unspecified atom stereocenters. The summed E-state index contributed by atoms with van der Waals surface area (Å²) in [5.74, 6) is -0.880. The van der Waals surface area contributed by atoms with Crippen LogP contribution in [0.5, 0.6) is 0 Å². The largest absolute Gasteiger partial charge is 0.479 e. The number of hydrogen-bond donors (Lipinski definition) is 1. The molecule has 1 fully saturated rings. The van der Waals surface area contributed by atoms with Gasteiger partial charge < -0.3 is 9.84 Å². The van der Waals surface area contributed by atoms with Crippen molar-refractivity contribution >= 4 is 5.97 Å². The maximum atomic E-state index is 11.3. The van der Waals surface area contributed by atoms with Crippen LogP contribution in [0.4, 0.5) is 0 Å². The van der Waals surface area contributed by atoms with Gasteiger partial charge in [0.2, 0.25) is 0 Å². The molecule has 0 aromatic carbocycles. The molecule has 82 valence electrons. The van der Waals surface area contributed by atoms with E-state index in [1.807, 2.05) is 12.2 Å². The Labute approximate surface area is 89.4 Å². The molecule has 0 radical (unpaired) electrons. The van der Waals surface area contributed by atoms with Crippen LogP contribution in [0.25, 0.3) is 0 Å². The number of ether oxygens (including phenoxy) is 1. The quantitative estimate of drug-likeness (QED) is 0.774. The van der Waals surface area contributed by atoms with Crippen LogP contribution in [-0.4, -0.2) is 22.8 Å². The van der Waals surface area contributed by atoms with E-state index in [4.69, 9.17) is 4.74 Å². The lowest BCUT2D eigenvalue weighted by atomic mass is 9.95. The summed E-state index contributed by atoms with van der Waals surface area (Å²) in [5.41, 5.74) is -1.11. The molecule has 1 saturated carbocycles. The highest BCUT2D eigenvalue weighted by molar-refractivity contribution is 5.81. The molecular weight excluding hydrogens is 192 g/mol. The van der Waals surface area contributed by atoms with Gasteiger partial charge in [-0.1, -0.05) is 31.1 Å². The van der Waals surface area contributed by atoms with E-state index in [1.54, 1.807) is 12.2 Å². The molecule has 1 atom stereocenters. The highest BCUT2D eigenvalue weighted by Crippen LogP contribution is 2.30. The Balaban J connectivity index is 2.08. The van der Waals surface area contributed by atoms with Gasteiger partial charge in [-0.05, 0) is 18.9 Å². The van der Waals surface area contributed by atoms with Gasteiger partial charge in [0.15, 0.2) is 5.60 Å². The number of hydrogen-bond acceptors (Lipinski definition) is 2. The van der Waals surface area contributed by atoms with Gasteiger partial charge in [0.05, 0.1) is 6.10 Å². The van der Waals surface area contributed by atoms with Crippen LogP contribution < -0.4 is 0 Å². The molecule has 2 rings (SSSR count). The van der Waals surface area contributed by atoms with Crippen molar-refractivity contribution in [3.05, 3.63) is 24.3 Å². The first-order valence-corrected chi connectivity index (χ1v) is 5.48. The first-order chi connectivity index (χ1) is 7.23. The minimum Gasteiger partial charge on any atom is -0.479 e. The maximum Gasteiger partial charge on any atom is 0.340 e. The predicted molar refractivity (Wildman–Crippen MR) is 56.6 cm³/mol. The SMILES string of the molecule is O=C(O)C1(OC2CCCC2)C=CC=CC1. The summed E-state index contributed by atoms with van der Waals surface area (Å²) in [6.07, 6.45) is 12.0. The number of aliphatic carboxylic acids is 1. The maximum absolute atomic E-state index is 11.3. The Morgan fingerprint density at radius 2 is 2.07 bits per heavy atom. The summed E-state index contributed by atoms with van der Waals surface area (Å²) in [5, 5.41) is 9.24. The van der Waals surface area contributed by atoms with Crippen LogP contribution in [0.15, 0.2) is 24.3 Å². The normalized spacial score (nSPS) is 30.9. The minimum absolute atomic E-state index is 0.122. The monoisotopic (exact) mass is 208 g/mol. The second-order valence-electron chi connectivity index (χ2n) is 4.21. The third kappa shape index (κ3) is 2.12. The van der Waals surface area contributed by atoms with Gasteiger partial charge in [0.25, 0.3) is 0 Å². The lowest BCUT2D eigenvalue weighted by molar-refractivity contribution is -0.165. The van der Waals surface area contributed by atoms with E-state index < -0.39 is 11.6 Å². The molecule has 15 heavy (non-hydrogen) atoms. The van der Waals surface area contributed by atoms with E-state index in [0.29, 0.717) is 6.42 Å². The Bertz CT molecular complexity index is 300. The zero-order chi connectivity index (χ0) is 10.7. The first kappa shape index (κ1) is 10.4. The van der Waals surface area contributed by atoms with E-state index in [9.17, 15) is 9.90 Å². The number of rotatable bonds is 3. The molecule has 0 aromatic rings. The lowest BCUT2D eigenvalue weighted by Crippen LogP contribution is -2.42. The highest BCUT2D eigenvalue weighted by atomic mass is 16.5. The van der Waals surface area contributed by atoms with Crippen molar-refractivity contribution < 1.29 is 14.6 Å². The topological polar surface area (TPSA) is 46.5 Å². The minimum atomic E-state index is -1.11. The molecule has 0 bridgehead atoms. The van der Waals surface area contributed by atoms with Gasteiger partial charge in [0, 0.05) is 6.42 Å². The third-order valence-corrected chi connectivity index (χ3v) is 3.07. The Morgan fingerprint density at radius 3 is 2.60 bits per heavy atom. The van der Waals surface area contributed by atoms with Crippen molar-refractivity contribution in [2.75, 3.05) is 0 Å². The Hall–Kier alpha value is -1.09. The molecule has 0 spiro atoms. The van der Waals surface area contributed by atoms with Crippen molar-refractivity contribution in [1.29, 1.82) is 0 Å². The van der Waals surface area contributed by atoms with Gasteiger partial charge >= 0.3 is 5.97 Å². The van der Waals surface area contributed by atoms with E-state index in [2.05, 4.69) is 0 Å². The van der Waals surface area contributed by atoms with Gasteiger partial charge in [-0.15, -0.1) is 0 Å². The fourth-order valence-electron chi connectivity index (χ4n) is 2.20. The third-order valence-electron chi connectivity index (χ3n) is 3.07. The van der Waals surface area contributed by atoms with Crippen molar-refractivity contribution in [2.45, 2.75) is 43.8 Å². The van der Waals surface area contributed by atoms with Gasteiger partial charge in [0.1, 0.15) is 0 Å². The summed E-state index contributed by atoms with van der Waals surface area (Å²) >= 11 is 0. The fraction of sp³-hybridized carbons (Fsp3) is 0.583. The summed E-state index contributed by atoms with van der Waals surface area (Å²) in [6.45, 7) is 0. The first-order valence-electron chi connectivity index (χ1n) is 5.48. The van der Waals surface area contributed by atoms with Crippen LogP contribution in [-0.2, 0) is 9.53 Å². The average Bonchev–Trinajstić information content (AvgIpc) is 2.71. The number of allylic oxidation sites excluding steroid dienone is 2. The van der Waals surface area contributed by atoms with E-state index >= 15 is 0 Å². The molecule has 0 aliphatic heterocycles. The molecule has 2 aliphatic rings. The summed E-state index contributed by atoms with van der Waals surface area (Å²) < 4.78 is 5.76. The van der Waals surface area contributed by atoms with Crippen LogP contribution >= 0.6 is 0 Å². The second-order valence-corrected chi connectivity index (χ2v) is 4.21. The molecule has 0 saturated heterocycles. The van der Waals surface area contributed by atoms with E-state index in [-0.39, 0.29) is 6.10 Å². The molecule has 0 amide bonds. The predicted octanol–water partition coefficient (Wildman–Crippen LogP) is 2.29. The molecule has 2 aliphatic carbocycles. The Kier molecular flexibility index (Phi) is 2.91.